The second-order valence-electron chi connectivity index (χ2n) is 11.0. The number of para-hydroxylation sites is 1. The predicted octanol–water partition coefficient (Wildman–Crippen LogP) is 9.12. The Morgan fingerprint density at radius 2 is 1.59 bits per heavy atom. The minimum atomic E-state index is -0.114. The van der Waals surface area contributed by atoms with Crippen LogP contribution in [0.25, 0.3) is 16.7 Å². The zero-order chi connectivity index (χ0) is 28.1. The highest BCUT2D eigenvalue weighted by atomic mass is 16.6. The van der Waals surface area contributed by atoms with Crippen LogP contribution in [0.2, 0.25) is 0 Å². The van der Waals surface area contributed by atoms with Crippen LogP contribution in [0.15, 0.2) is 113 Å². The Labute approximate surface area is 239 Å². The van der Waals surface area contributed by atoms with Crippen molar-refractivity contribution in [3.63, 3.8) is 0 Å². The molecule has 0 amide bonds. The van der Waals surface area contributed by atoms with Gasteiger partial charge in [0.1, 0.15) is 0 Å². The van der Waals surface area contributed by atoms with Gasteiger partial charge in [0.25, 0.3) is 0 Å². The summed E-state index contributed by atoms with van der Waals surface area (Å²) < 4.78 is 13.0. The summed E-state index contributed by atoms with van der Waals surface area (Å²) in [6.07, 6.45) is 6.48. The van der Waals surface area contributed by atoms with Crippen molar-refractivity contribution < 1.29 is 9.47 Å². The van der Waals surface area contributed by atoms with E-state index in [4.69, 9.17) is 14.9 Å². The normalized spacial score (nSPS) is 16.1. The molecule has 5 heteroatoms. The summed E-state index contributed by atoms with van der Waals surface area (Å²) in [7, 11) is 0. The largest absolute Gasteiger partial charge is 0.449 e. The highest BCUT2D eigenvalue weighted by Gasteiger charge is 2.41. The van der Waals surface area contributed by atoms with Crippen molar-refractivity contribution in [3.8, 4) is 34.1 Å². The van der Waals surface area contributed by atoms with Gasteiger partial charge in [0.15, 0.2) is 34.7 Å². The zero-order valence-corrected chi connectivity index (χ0v) is 23.1. The number of hydrogen-bond donors (Lipinski definition) is 1. The number of benzene rings is 4. The Morgan fingerprint density at radius 3 is 2.37 bits per heavy atom. The Balaban J connectivity index is 1.24. The van der Waals surface area contributed by atoms with Gasteiger partial charge < -0.3 is 9.47 Å². The van der Waals surface area contributed by atoms with Gasteiger partial charge in [0.05, 0.1) is 5.56 Å². The van der Waals surface area contributed by atoms with Gasteiger partial charge in [-0.15, -0.1) is 0 Å². The van der Waals surface area contributed by atoms with Crippen LogP contribution in [0.3, 0.4) is 0 Å². The summed E-state index contributed by atoms with van der Waals surface area (Å²) in [5.74, 6) is 2.85. The van der Waals surface area contributed by atoms with E-state index in [1.165, 1.54) is 16.7 Å². The number of rotatable bonds is 3. The SMILES string of the molecule is C=NC(=NC(=N)c1cccc2c1Oc1c(ccc3c1C1=C(C=CCC1)C3(C)C)O2)c1ccc(-c2ccccc2)cc1. The Hall–Kier alpha value is -5.03. The van der Waals surface area contributed by atoms with Crippen LogP contribution in [0.5, 0.6) is 23.0 Å². The fourth-order valence-corrected chi connectivity index (χ4v) is 6.13. The van der Waals surface area contributed by atoms with Gasteiger partial charge >= 0.3 is 0 Å². The maximum absolute atomic E-state index is 8.95. The second kappa shape index (κ2) is 9.56. The highest BCUT2D eigenvalue weighted by molar-refractivity contribution is 6.13. The molecule has 0 saturated carbocycles. The molecule has 0 spiro atoms. The van der Waals surface area contributed by atoms with E-state index in [0.29, 0.717) is 34.4 Å². The molecule has 0 saturated heterocycles. The molecule has 0 bridgehead atoms. The third kappa shape index (κ3) is 4.04. The van der Waals surface area contributed by atoms with E-state index in [0.717, 1.165) is 35.1 Å². The lowest BCUT2D eigenvalue weighted by Crippen LogP contribution is -2.17. The topological polar surface area (TPSA) is 67.0 Å². The molecule has 3 aliphatic rings. The van der Waals surface area contributed by atoms with Gasteiger partial charge in [-0.05, 0) is 65.6 Å². The van der Waals surface area contributed by atoms with Gasteiger partial charge in [-0.25, -0.2) is 9.98 Å². The second-order valence-corrected chi connectivity index (χ2v) is 11.0. The van der Waals surface area contributed by atoms with E-state index in [2.05, 4.69) is 60.9 Å². The van der Waals surface area contributed by atoms with Gasteiger partial charge in [-0.2, -0.15) is 0 Å². The molecule has 7 rings (SSSR count). The van der Waals surface area contributed by atoms with Gasteiger partial charge in [-0.3, -0.25) is 5.41 Å². The first kappa shape index (κ1) is 25.0. The number of amidine groups is 2. The highest BCUT2D eigenvalue weighted by Crippen LogP contribution is 2.58. The minimum Gasteiger partial charge on any atom is -0.449 e. The maximum Gasteiger partial charge on any atom is 0.181 e. The molecule has 4 aromatic carbocycles. The molecule has 0 unspecified atom stereocenters. The molecule has 41 heavy (non-hydrogen) atoms. The smallest absolute Gasteiger partial charge is 0.181 e. The Bertz CT molecular complexity index is 1830. The molecule has 1 N–H and O–H groups in total. The lowest BCUT2D eigenvalue weighted by molar-refractivity contribution is 0.357. The minimum absolute atomic E-state index is 0.0249. The molecule has 1 aliphatic heterocycles. The lowest BCUT2D eigenvalue weighted by Gasteiger charge is -2.27. The summed E-state index contributed by atoms with van der Waals surface area (Å²) in [4.78, 5) is 8.74. The van der Waals surface area contributed by atoms with E-state index in [1.54, 1.807) is 0 Å². The molecule has 4 aromatic rings. The van der Waals surface area contributed by atoms with Crippen molar-refractivity contribution in [2.75, 3.05) is 0 Å². The number of ether oxygens (including phenoxy) is 2. The van der Waals surface area contributed by atoms with E-state index in [9.17, 15) is 0 Å². The summed E-state index contributed by atoms with van der Waals surface area (Å²) >= 11 is 0. The number of nitrogens with zero attached hydrogens (tertiary/aromatic N) is 2. The molecule has 0 atom stereocenters. The monoisotopic (exact) mass is 535 g/mol. The number of hydrogen-bond acceptors (Lipinski definition) is 3. The maximum atomic E-state index is 8.95. The van der Waals surface area contributed by atoms with Crippen LogP contribution in [-0.4, -0.2) is 18.4 Å². The summed E-state index contributed by atoms with van der Waals surface area (Å²) in [5.41, 5.74) is 8.44. The third-order valence-electron chi connectivity index (χ3n) is 8.22. The number of allylic oxidation sites excluding steroid dienone is 4. The van der Waals surface area contributed by atoms with E-state index in [-0.39, 0.29) is 11.3 Å². The first-order valence-corrected chi connectivity index (χ1v) is 13.8. The van der Waals surface area contributed by atoms with Crippen molar-refractivity contribution in [2.24, 2.45) is 9.98 Å². The van der Waals surface area contributed by atoms with Crippen molar-refractivity contribution in [3.05, 3.63) is 125 Å². The van der Waals surface area contributed by atoms with Crippen molar-refractivity contribution in [1.82, 2.24) is 0 Å². The van der Waals surface area contributed by atoms with E-state index >= 15 is 0 Å². The van der Waals surface area contributed by atoms with Gasteiger partial charge in [0, 0.05) is 16.5 Å². The van der Waals surface area contributed by atoms with Crippen molar-refractivity contribution in [2.45, 2.75) is 32.1 Å². The number of nitrogens with one attached hydrogen (secondary N) is 1. The average molecular weight is 536 g/mol. The summed E-state index contributed by atoms with van der Waals surface area (Å²) in [5, 5.41) is 8.95. The Kier molecular flexibility index (Phi) is 5.82. The van der Waals surface area contributed by atoms with Crippen molar-refractivity contribution >= 4 is 24.0 Å². The van der Waals surface area contributed by atoms with Crippen LogP contribution in [0, 0.1) is 5.41 Å². The van der Waals surface area contributed by atoms with Crippen LogP contribution < -0.4 is 9.47 Å². The molecule has 5 nitrogen and oxygen atoms in total. The Morgan fingerprint density at radius 1 is 0.829 bits per heavy atom. The summed E-state index contributed by atoms with van der Waals surface area (Å²) in [6, 6.07) is 27.8. The van der Waals surface area contributed by atoms with Crippen molar-refractivity contribution in [1.29, 1.82) is 5.41 Å². The molecule has 0 aromatic heterocycles. The lowest BCUT2D eigenvalue weighted by atomic mass is 9.80. The molecular formula is C36H29N3O2. The quantitative estimate of drug-likeness (QED) is 0.185. The van der Waals surface area contributed by atoms with Crippen LogP contribution in [-0.2, 0) is 5.41 Å². The fourth-order valence-electron chi connectivity index (χ4n) is 6.13. The van der Waals surface area contributed by atoms with E-state index < -0.39 is 0 Å². The standard InChI is InChI=1S/C36H29N3O2/c1-36(2)27-14-8-7-12-25(27)31-28(36)20-21-30-33(31)41-32-26(13-9-15-29(32)40-30)34(37)39-35(38-3)24-18-16-23(17-19-24)22-10-5-4-6-11-22/h4-6,8-11,13-21,37H,3,7,12H2,1-2H3. The average Bonchev–Trinajstić information content (AvgIpc) is 3.25. The van der Waals surface area contributed by atoms with Crippen LogP contribution >= 0.6 is 0 Å². The fraction of sp³-hybridized carbons (Fsp3) is 0.139. The van der Waals surface area contributed by atoms with Crippen LogP contribution in [0.1, 0.15) is 48.9 Å². The summed E-state index contributed by atoms with van der Waals surface area (Å²) in [6.45, 7) is 8.26. The molecular weight excluding hydrogens is 506 g/mol. The first-order valence-electron chi connectivity index (χ1n) is 13.8. The number of aliphatic imine (C=N–C) groups is 2. The molecule has 200 valence electrons. The van der Waals surface area contributed by atoms with E-state index in [1.807, 2.05) is 66.7 Å². The molecule has 1 heterocycles. The predicted molar refractivity (Wildman–Crippen MR) is 166 cm³/mol. The first-order chi connectivity index (χ1) is 20.0. The molecule has 2 aliphatic carbocycles. The van der Waals surface area contributed by atoms with Gasteiger partial charge in [-0.1, -0.05) is 92.7 Å². The third-order valence-corrected chi connectivity index (χ3v) is 8.22. The van der Waals surface area contributed by atoms with Gasteiger partial charge in [0.2, 0.25) is 0 Å². The number of fused-ring (bicyclic) bond motifs is 5. The molecule has 0 fully saturated rings. The van der Waals surface area contributed by atoms with Crippen LogP contribution in [0.4, 0.5) is 0 Å². The molecule has 0 radical (unpaired) electrons. The zero-order valence-electron chi connectivity index (χ0n) is 23.1.